The average molecular weight is 628 g/mol. The van der Waals surface area contributed by atoms with Crippen LogP contribution >= 0.6 is 0 Å². The summed E-state index contributed by atoms with van der Waals surface area (Å²) in [6, 6.07) is 6.60. The Morgan fingerprint density at radius 3 is 2.56 bits per heavy atom. The maximum absolute atomic E-state index is 14.3. The second kappa shape index (κ2) is 12.3. The van der Waals surface area contributed by atoms with Crippen molar-refractivity contribution in [3.05, 3.63) is 41.7 Å². The Balaban J connectivity index is 1.17. The van der Waals surface area contributed by atoms with Gasteiger partial charge in [0.2, 0.25) is 11.8 Å². The second-order valence-electron chi connectivity index (χ2n) is 12.9. The molecular formula is C32H41N3O10. The van der Waals surface area contributed by atoms with E-state index in [1.807, 2.05) is 24.3 Å². The molecular weight excluding hydrogens is 586 g/mol. The van der Waals surface area contributed by atoms with Crippen molar-refractivity contribution in [2.24, 2.45) is 17.3 Å². The minimum absolute atomic E-state index is 0.0239. The van der Waals surface area contributed by atoms with Crippen molar-refractivity contribution >= 4 is 23.9 Å². The number of nitrogens with zero attached hydrogens (tertiary/aromatic N) is 1. The van der Waals surface area contributed by atoms with Gasteiger partial charge < -0.3 is 39.8 Å². The van der Waals surface area contributed by atoms with Gasteiger partial charge in [0.15, 0.2) is 11.8 Å². The number of hydrogen-bond acceptors (Lipinski definition) is 11. The molecule has 0 spiro atoms. The largest absolute Gasteiger partial charge is 0.499 e. The van der Waals surface area contributed by atoms with Crippen LogP contribution in [0.15, 0.2) is 30.5 Å². The average Bonchev–Trinajstić information content (AvgIpc) is 3.98. The number of rotatable bonds is 14. The topological polar surface area (TPSA) is 165 Å². The third-order valence-corrected chi connectivity index (χ3v) is 9.83. The Kier molecular flexibility index (Phi) is 8.34. The summed E-state index contributed by atoms with van der Waals surface area (Å²) >= 11 is 0. The van der Waals surface area contributed by atoms with Crippen LogP contribution in [-0.4, -0.2) is 102 Å². The zero-order valence-corrected chi connectivity index (χ0v) is 25.1. The summed E-state index contributed by atoms with van der Waals surface area (Å²) < 4.78 is 24.9. The first kappa shape index (κ1) is 30.6. The predicted molar refractivity (Wildman–Crippen MR) is 155 cm³/mol. The van der Waals surface area contributed by atoms with Gasteiger partial charge in [-0.25, -0.2) is 0 Å². The van der Waals surface area contributed by atoms with E-state index < -0.39 is 47.6 Å². The number of carbonyl (C=O) groups excluding carboxylic acids is 3. The van der Waals surface area contributed by atoms with Crippen molar-refractivity contribution in [1.29, 1.82) is 0 Å². The number of benzene rings is 1. The molecule has 4 N–H and O–H groups in total. The van der Waals surface area contributed by atoms with Crippen LogP contribution in [0.1, 0.15) is 49.7 Å². The lowest BCUT2D eigenvalue weighted by Gasteiger charge is -2.48. The van der Waals surface area contributed by atoms with Gasteiger partial charge in [-0.05, 0) is 42.9 Å². The minimum Gasteiger partial charge on any atom is -0.499 e. The molecule has 3 saturated heterocycles. The zero-order valence-electron chi connectivity index (χ0n) is 25.1. The molecule has 6 aliphatic rings. The molecule has 0 radical (unpaired) electrons. The van der Waals surface area contributed by atoms with Gasteiger partial charge in [0.1, 0.15) is 36.4 Å². The first-order chi connectivity index (χ1) is 21.9. The molecule has 0 unspecified atom stereocenters. The maximum Gasteiger partial charge on any atom is 0.327 e. The summed E-state index contributed by atoms with van der Waals surface area (Å²) in [6.45, 7) is 0.329. The van der Waals surface area contributed by atoms with E-state index in [4.69, 9.17) is 34.0 Å². The molecule has 1 aromatic carbocycles. The second-order valence-corrected chi connectivity index (χ2v) is 12.9. The Morgan fingerprint density at radius 1 is 1.04 bits per heavy atom. The van der Waals surface area contributed by atoms with Gasteiger partial charge in [0.05, 0.1) is 26.0 Å². The van der Waals surface area contributed by atoms with Gasteiger partial charge in [0, 0.05) is 37.8 Å². The molecule has 6 atom stereocenters. The standard InChI is InChI=1S/C32H41N3O10/c36-12-11-33-24(38)8-10-34-30(40)31-17-23-25-26(44-32(43-25,21-4-5-21)22-6-7-22)28(31)45-35(27(31)29(39)42-23)18-20-3-1-2-19(16-20)9-14-41-15-13-37/h1-3,9,14,16,21-23,25-28,36-37H,4-8,10-13,15,17-18H2,(H,33,38)(H,34,40)/t23-,25+,26+,27+,28-,31+/m1/s1. The number of ether oxygens (including phenoxy) is 4. The third-order valence-electron chi connectivity index (χ3n) is 9.83. The number of hydroxylamine groups is 2. The fraction of sp³-hybridized carbons (Fsp3) is 0.656. The van der Waals surface area contributed by atoms with E-state index in [9.17, 15) is 14.4 Å². The van der Waals surface area contributed by atoms with Crippen molar-refractivity contribution in [2.75, 3.05) is 32.9 Å². The number of fused-ring (bicyclic) bond motifs is 4. The molecule has 3 aliphatic carbocycles. The minimum atomic E-state index is -1.31. The van der Waals surface area contributed by atoms with Crippen LogP contribution in [0.25, 0.3) is 6.08 Å². The SMILES string of the molecule is O=C(CCNC(=O)[C@@]12C[C@H]3OC(=O)[C@@H]1N(Cc1cccc(C=COCCO)c1)O[C@@H]2[C@H]1OC(C2CC2)(C2CC2)O[C@H]13)NCCO. The third kappa shape index (κ3) is 5.53. The van der Waals surface area contributed by atoms with E-state index in [2.05, 4.69) is 10.6 Å². The molecule has 0 aromatic heterocycles. The number of hydrogen-bond donors (Lipinski definition) is 4. The highest BCUT2D eigenvalue weighted by atomic mass is 16.8. The molecule has 13 nitrogen and oxygen atoms in total. The number of nitrogens with one attached hydrogen (secondary N) is 2. The smallest absolute Gasteiger partial charge is 0.327 e. The van der Waals surface area contributed by atoms with E-state index in [0.717, 1.165) is 36.8 Å². The van der Waals surface area contributed by atoms with Crippen LogP contribution in [0.2, 0.25) is 0 Å². The fourth-order valence-corrected chi connectivity index (χ4v) is 7.63. The number of carbonyl (C=O) groups is 3. The van der Waals surface area contributed by atoms with Gasteiger partial charge in [-0.2, -0.15) is 5.06 Å². The van der Waals surface area contributed by atoms with Crippen molar-refractivity contribution < 1.29 is 48.4 Å². The van der Waals surface area contributed by atoms with Crippen molar-refractivity contribution in [2.45, 2.75) is 81.3 Å². The highest BCUT2D eigenvalue weighted by Gasteiger charge is 2.78. The summed E-state index contributed by atoms with van der Waals surface area (Å²) in [6.07, 6.45) is 4.98. The lowest BCUT2D eigenvalue weighted by atomic mass is 9.62. The monoisotopic (exact) mass is 627 g/mol. The molecule has 244 valence electrons. The summed E-state index contributed by atoms with van der Waals surface area (Å²) in [5, 5.41) is 25.0. The van der Waals surface area contributed by atoms with Crippen LogP contribution in [0.4, 0.5) is 0 Å². The summed E-state index contributed by atoms with van der Waals surface area (Å²) in [5.74, 6) is -1.42. The Morgan fingerprint density at radius 2 is 1.82 bits per heavy atom. The van der Waals surface area contributed by atoms with Crippen LogP contribution in [0, 0.1) is 17.3 Å². The van der Waals surface area contributed by atoms with Crippen LogP contribution < -0.4 is 10.6 Å². The Labute approximate surface area is 261 Å². The van der Waals surface area contributed by atoms with Crippen molar-refractivity contribution in [3.8, 4) is 0 Å². The highest BCUT2D eigenvalue weighted by Crippen LogP contribution is 2.63. The lowest BCUT2D eigenvalue weighted by Crippen LogP contribution is -2.69. The van der Waals surface area contributed by atoms with Crippen LogP contribution in [0.3, 0.4) is 0 Å². The highest BCUT2D eigenvalue weighted by molar-refractivity contribution is 5.94. The van der Waals surface area contributed by atoms with Gasteiger partial charge in [0.25, 0.3) is 0 Å². The van der Waals surface area contributed by atoms with E-state index in [1.54, 1.807) is 11.1 Å². The molecule has 3 heterocycles. The maximum atomic E-state index is 14.3. The molecule has 7 rings (SSSR count). The molecule has 6 fully saturated rings. The molecule has 45 heavy (non-hydrogen) atoms. The van der Waals surface area contributed by atoms with Crippen LogP contribution in [0.5, 0.6) is 0 Å². The van der Waals surface area contributed by atoms with Gasteiger partial charge in [-0.1, -0.05) is 24.3 Å². The molecule has 3 aliphatic heterocycles. The number of amides is 2. The molecule has 3 saturated carbocycles. The number of esters is 1. The van der Waals surface area contributed by atoms with Gasteiger partial charge in [-0.3, -0.25) is 19.2 Å². The van der Waals surface area contributed by atoms with Gasteiger partial charge in [-0.15, -0.1) is 0 Å². The van der Waals surface area contributed by atoms with E-state index in [-0.39, 0.29) is 75.9 Å². The first-order valence-corrected chi connectivity index (χ1v) is 16.0. The zero-order chi connectivity index (χ0) is 31.2. The summed E-state index contributed by atoms with van der Waals surface area (Å²) in [7, 11) is 0. The predicted octanol–water partition coefficient (Wildman–Crippen LogP) is 0.381. The number of aliphatic hydroxyl groups is 2. The summed E-state index contributed by atoms with van der Waals surface area (Å²) in [5.41, 5.74) is 0.381. The quantitative estimate of drug-likeness (QED) is 0.128. The van der Waals surface area contributed by atoms with E-state index in [1.165, 1.54) is 6.26 Å². The van der Waals surface area contributed by atoms with Crippen LogP contribution in [-0.2, 0) is 44.7 Å². The summed E-state index contributed by atoms with van der Waals surface area (Å²) in [4.78, 5) is 46.9. The molecule has 13 heteroatoms. The van der Waals surface area contributed by atoms with E-state index in [0.29, 0.717) is 0 Å². The number of aliphatic hydroxyl groups excluding tert-OH is 2. The normalized spacial score (nSPS) is 33.1. The van der Waals surface area contributed by atoms with Crippen molar-refractivity contribution in [3.63, 3.8) is 0 Å². The lowest BCUT2D eigenvalue weighted by molar-refractivity contribution is -0.235. The van der Waals surface area contributed by atoms with Gasteiger partial charge >= 0.3 is 5.97 Å². The Bertz CT molecular complexity index is 1320. The molecule has 2 bridgehead atoms. The fourth-order valence-electron chi connectivity index (χ4n) is 7.63. The Hall–Kier alpha value is -3.07. The van der Waals surface area contributed by atoms with Crippen molar-refractivity contribution in [1.82, 2.24) is 15.7 Å². The molecule has 2 amide bonds. The molecule has 1 aromatic rings. The van der Waals surface area contributed by atoms with E-state index >= 15 is 0 Å². The first-order valence-electron chi connectivity index (χ1n) is 16.0.